The van der Waals surface area contributed by atoms with E-state index in [1.165, 1.54) is 0 Å². The number of rotatable bonds is 3. The Bertz CT molecular complexity index is 280. The van der Waals surface area contributed by atoms with Gasteiger partial charge in [0, 0.05) is 18.3 Å². The van der Waals surface area contributed by atoms with Gasteiger partial charge in [0.25, 0.3) is 0 Å². The third-order valence-electron chi connectivity index (χ3n) is 1.47. The van der Waals surface area contributed by atoms with Crippen LogP contribution in [0.25, 0.3) is 0 Å². The van der Waals surface area contributed by atoms with Crippen LogP contribution in [0.5, 0.6) is 0 Å². The Kier molecular flexibility index (Phi) is 3.27. The van der Waals surface area contributed by atoms with Crippen LogP contribution in [0.2, 0.25) is 0 Å². The minimum Gasteiger partial charge on any atom is -0.367 e. The first-order valence-corrected chi connectivity index (χ1v) is 4.91. The molecule has 3 N–H and O–H groups in total. The van der Waals surface area contributed by atoms with Crippen molar-refractivity contribution >= 4 is 21.7 Å². The average molecular weight is 244 g/mol. The van der Waals surface area contributed by atoms with Gasteiger partial charge in [-0.05, 0) is 41.9 Å². The van der Waals surface area contributed by atoms with E-state index < -0.39 is 0 Å². The molecule has 4 heteroatoms. The number of aromatic nitrogens is 1. The molecule has 0 amide bonds. The molecule has 72 valence electrons. The lowest BCUT2D eigenvalue weighted by molar-refractivity contribution is 0.548. The quantitative estimate of drug-likeness (QED) is 0.854. The van der Waals surface area contributed by atoms with Crippen molar-refractivity contribution in [2.75, 3.05) is 11.9 Å². The smallest absolute Gasteiger partial charge is 0.140 e. The van der Waals surface area contributed by atoms with E-state index in [1.54, 1.807) is 6.20 Å². The highest BCUT2D eigenvalue weighted by molar-refractivity contribution is 9.10. The summed E-state index contributed by atoms with van der Waals surface area (Å²) in [7, 11) is 0. The van der Waals surface area contributed by atoms with Crippen molar-refractivity contribution < 1.29 is 0 Å². The first kappa shape index (κ1) is 10.5. The number of hydrogen-bond donors (Lipinski definition) is 2. The third-order valence-corrected chi connectivity index (χ3v) is 2.11. The van der Waals surface area contributed by atoms with Crippen LogP contribution in [0.4, 0.5) is 5.82 Å². The second-order valence-corrected chi connectivity index (χ2v) is 4.53. The second-order valence-electron chi connectivity index (χ2n) is 3.68. The third kappa shape index (κ3) is 3.74. The maximum Gasteiger partial charge on any atom is 0.140 e. The molecular weight excluding hydrogens is 230 g/mol. The van der Waals surface area contributed by atoms with Crippen LogP contribution in [-0.2, 0) is 0 Å². The van der Waals surface area contributed by atoms with E-state index in [0.29, 0.717) is 6.54 Å². The Morgan fingerprint density at radius 2 is 2.31 bits per heavy atom. The number of nitrogens with one attached hydrogen (secondary N) is 1. The highest BCUT2D eigenvalue weighted by Crippen LogP contribution is 2.18. The van der Waals surface area contributed by atoms with E-state index in [2.05, 4.69) is 26.2 Å². The van der Waals surface area contributed by atoms with Gasteiger partial charge < -0.3 is 11.1 Å². The van der Waals surface area contributed by atoms with Crippen LogP contribution in [0, 0.1) is 0 Å². The van der Waals surface area contributed by atoms with E-state index in [1.807, 2.05) is 26.0 Å². The highest BCUT2D eigenvalue weighted by Gasteiger charge is 2.10. The molecule has 0 aromatic carbocycles. The Hall–Kier alpha value is -0.610. The molecule has 0 aliphatic rings. The van der Waals surface area contributed by atoms with E-state index >= 15 is 0 Å². The van der Waals surface area contributed by atoms with Crippen molar-refractivity contribution in [3.8, 4) is 0 Å². The van der Waals surface area contributed by atoms with E-state index in [4.69, 9.17) is 5.73 Å². The minimum atomic E-state index is -0.225. The summed E-state index contributed by atoms with van der Waals surface area (Å²) in [5.74, 6) is 0.834. The Morgan fingerprint density at radius 3 is 2.85 bits per heavy atom. The predicted molar refractivity (Wildman–Crippen MR) is 58.7 cm³/mol. The van der Waals surface area contributed by atoms with E-state index in [-0.39, 0.29) is 5.54 Å². The molecule has 0 atom stereocenters. The number of pyridine rings is 1. The summed E-state index contributed by atoms with van der Waals surface area (Å²) in [6.07, 6.45) is 1.75. The van der Waals surface area contributed by atoms with Gasteiger partial charge in [0.1, 0.15) is 5.82 Å². The van der Waals surface area contributed by atoms with Crippen molar-refractivity contribution in [2.24, 2.45) is 5.73 Å². The van der Waals surface area contributed by atoms with Gasteiger partial charge in [0.2, 0.25) is 0 Å². The summed E-state index contributed by atoms with van der Waals surface area (Å²) in [5, 5.41) is 3.17. The fraction of sp³-hybridized carbons (Fsp3) is 0.444. The SMILES string of the molecule is CC(C)(N)CNc1ncccc1Br. The zero-order chi connectivity index (χ0) is 9.90. The van der Waals surface area contributed by atoms with E-state index in [0.717, 1.165) is 10.3 Å². The van der Waals surface area contributed by atoms with Crippen molar-refractivity contribution in [2.45, 2.75) is 19.4 Å². The maximum absolute atomic E-state index is 5.83. The molecule has 0 bridgehead atoms. The highest BCUT2D eigenvalue weighted by atomic mass is 79.9. The summed E-state index contributed by atoms with van der Waals surface area (Å²) in [6, 6.07) is 3.82. The fourth-order valence-corrected chi connectivity index (χ4v) is 1.22. The van der Waals surface area contributed by atoms with Crippen molar-refractivity contribution in [3.05, 3.63) is 22.8 Å². The molecule has 1 rings (SSSR count). The van der Waals surface area contributed by atoms with Gasteiger partial charge in [-0.25, -0.2) is 4.98 Å². The molecule has 0 saturated carbocycles. The largest absolute Gasteiger partial charge is 0.367 e. The Labute approximate surface area is 86.9 Å². The number of nitrogens with two attached hydrogens (primary N) is 1. The van der Waals surface area contributed by atoms with Crippen LogP contribution in [0.15, 0.2) is 22.8 Å². The molecule has 0 aliphatic heterocycles. The first-order valence-electron chi connectivity index (χ1n) is 4.12. The molecular formula is C9H14BrN3. The maximum atomic E-state index is 5.83. The van der Waals surface area contributed by atoms with Crippen molar-refractivity contribution in [1.29, 1.82) is 0 Å². The zero-order valence-corrected chi connectivity index (χ0v) is 9.43. The Morgan fingerprint density at radius 1 is 1.62 bits per heavy atom. The van der Waals surface area contributed by atoms with Gasteiger partial charge in [-0.2, -0.15) is 0 Å². The normalized spacial score (nSPS) is 11.4. The standard InChI is InChI=1S/C9H14BrN3/c1-9(2,11)6-13-8-7(10)4-3-5-12-8/h3-5H,6,11H2,1-2H3,(H,12,13). The number of hydrogen-bond acceptors (Lipinski definition) is 3. The van der Waals surface area contributed by atoms with Gasteiger partial charge in [0.15, 0.2) is 0 Å². The summed E-state index contributed by atoms with van der Waals surface area (Å²) in [6.45, 7) is 4.64. The lowest BCUT2D eigenvalue weighted by Gasteiger charge is -2.19. The van der Waals surface area contributed by atoms with Crippen molar-refractivity contribution in [3.63, 3.8) is 0 Å². The summed E-state index contributed by atoms with van der Waals surface area (Å²) in [4.78, 5) is 4.17. The van der Waals surface area contributed by atoms with Gasteiger partial charge in [0.05, 0.1) is 4.47 Å². The topological polar surface area (TPSA) is 50.9 Å². The van der Waals surface area contributed by atoms with E-state index in [9.17, 15) is 0 Å². The average Bonchev–Trinajstić information content (AvgIpc) is 2.01. The zero-order valence-electron chi connectivity index (χ0n) is 7.84. The summed E-state index contributed by atoms with van der Waals surface area (Å²) < 4.78 is 0.958. The van der Waals surface area contributed by atoms with Crippen molar-refractivity contribution in [1.82, 2.24) is 4.98 Å². The molecule has 0 radical (unpaired) electrons. The van der Waals surface area contributed by atoms with Gasteiger partial charge in [-0.1, -0.05) is 0 Å². The second kappa shape index (κ2) is 4.07. The van der Waals surface area contributed by atoms with Crippen LogP contribution >= 0.6 is 15.9 Å². The molecule has 0 spiro atoms. The van der Waals surface area contributed by atoms with Gasteiger partial charge >= 0.3 is 0 Å². The first-order chi connectivity index (χ1) is 5.99. The van der Waals surface area contributed by atoms with Crippen LogP contribution in [0.3, 0.4) is 0 Å². The predicted octanol–water partition coefficient (Wildman–Crippen LogP) is 1.99. The monoisotopic (exact) mass is 243 g/mol. The molecule has 0 fully saturated rings. The van der Waals surface area contributed by atoms with Gasteiger partial charge in [-0.15, -0.1) is 0 Å². The van der Waals surface area contributed by atoms with Gasteiger partial charge in [-0.3, -0.25) is 0 Å². The van der Waals surface area contributed by atoms with Crippen LogP contribution in [0.1, 0.15) is 13.8 Å². The summed E-state index contributed by atoms with van der Waals surface area (Å²) in [5.41, 5.74) is 5.60. The van der Waals surface area contributed by atoms with Crippen LogP contribution < -0.4 is 11.1 Å². The number of nitrogens with zero attached hydrogens (tertiary/aromatic N) is 1. The minimum absolute atomic E-state index is 0.225. The van der Waals surface area contributed by atoms with Crippen LogP contribution in [-0.4, -0.2) is 17.1 Å². The molecule has 0 unspecified atom stereocenters. The summed E-state index contributed by atoms with van der Waals surface area (Å²) >= 11 is 3.40. The molecule has 0 aliphatic carbocycles. The fourth-order valence-electron chi connectivity index (χ4n) is 0.827. The molecule has 1 aromatic rings. The molecule has 1 heterocycles. The lowest BCUT2D eigenvalue weighted by atomic mass is 10.1. The Balaban J connectivity index is 2.60. The molecule has 1 aromatic heterocycles. The lowest BCUT2D eigenvalue weighted by Crippen LogP contribution is -2.39. The molecule has 0 saturated heterocycles. The number of halogens is 1. The number of anilines is 1. The molecule has 13 heavy (non-hydrogen) atoms. The molecule has 3 nitrogen and oxygen atoms in total.